The molecule has 2 aromatic carbocycles. The van der Waals surface area contributed by atoms with E-state index in [1.165, 1.54) is 6.33 Å². The van der Waals surface area contributed by atoms with Crippen LogP contribution in [0.5, 0.6) is 0 Å². The fraction of sp³-hybridized carbons (Fsp3) is 0. The lowest BCUT2D eigenvalue weighted by molar-refractivity contribution is 0.0846. The third-order valence-electron chi connectivity index (χ3n) is 3.14. The van der Waals surface area contributed by atoms with E-state index >= 15 is 0 Å². The zero-order valence-corrected chi connectivity index (χ0v) is 12.0. The van der Waals surface area contributed by atoms with Gasteiger partial charge in [0.15, 0.2) is 0 Å². The Morgan fingerprint density at radius 2 is 1.43 bits per heavy atom. The van der Waals surface area contributed by atoms with E-state index in [2.05, 4.69) is 20.9 Å². The molecule has 7 heteroatoms. The van der Waals surface area contributed by atoms with Gasteiger partial charge in [0.25, 0.3) is 11.8 Å². The van der Waals surface area contributed by atoms with Crippen LogP contribution < -0.4 is 10.9 Å². The largest absolute Gasteiger partial charge is 0.269 e. The van der Waals surface area contributed by atoms with Gasteiger partial charge in [0.2, 0.25) is 0 Å². The van der Waals surface area contributed by atoms with Gasteiger partial charge in [-0.3, -0.25) is 20.4 Å². The summed E-state index contributed by atoms with van der Waals surface area (Å²) in [5.41, 5.74) is 6.42. The summed E-state index contributed by atoms with van der Waals surface area (Å²) >= 11 is 0. The maximum Gasteiger partial charge on any atom is 0.269 e. The van der Waals surface area contributed by atoms with Gasteiger partial charge in [-0.15, -0.1) is 0 Å². The number of carbonyl (C=O) groups excluding carboxylic acids is 2. The molecule has 2 amide bonds. The number of amides is 2. The van der Waals surface area contributed by atoms with E-state index in [1.807, 2.05) is 6.07 Å². The molecule has 3 rings (SSSR count). The summed E-state index contributed by atoms with van der Waals surface area (Å²) in [5, 5.41) is 4.00. The number of hydrogen-bond donors (Lipinski definition) is 2. The number of hydrazine groups is 1. The number of hydrogen-bond acceptors (Lipinski definition) is 4. The lowest BCUT2D eigenvalue weighted by Crippen LogP contribution is -2.41. The first-order valence-electron chi connectivity index (χ1n) is 6.85. The van der Waals surface area contributed by atoms with Crippen molar-refractivity contribution < 1.29 is 9.59 Å². The van der Waals surface area contributed by atoms with Gasteiger partial charge in [0.1, 0.15) is 12.7 Å². The van der Waals surface area contributed by atoms with Crippen LogP contribution in [-0.2, 0) is 0 Å². The molecule has 114 valence electrons. The quantitative estimate of drug-likeness (QED) is 0.715. The third-order valence-corrected chi connectivity index (χ3v) is 3.14. The second kappa shape index (κ2) is 6.52. The van der Waals surface area contributed by atoms with Crippen LogP contribution in [0.3, 0.4) is 0 Å². The minimum absolute atomic E-state index is 0.377. The van der Waals surface area contributed by atoms with Crippen molar-refractivity contribution in [2.75, 3.05) is 0 Å². The highest BCUT2D eigenvalue weighted by atomic mass is 16.2. The van der Waals surface area contributed by atoms with Crippen LogP contribution in [0.25, 0.3) is 5.69 Å². The second-order valence-corrected chi connectivity index (χ2v) is 4.66. The Balaban J connectivity index is 1.61. The summed E-state index contributed by atoms with van der Waals surface area (Å²) in [6, 6.07) is 15.4. The Morgan fingerprint density at radius 3 is 2.00 bits per heavy atom. The third kappa shape index (κ3) is 3.41. The number of nitrogens with zero attached hydrogens (tertiary/aromatic N) is 3. The summed E-state index contributed by atoms with van der Waals surface area (Å²) < 4.78 is 1.58. The highest BCUT2D eigenvalue weighted by Crippen LogP contribution is 2.07. The van der Waals surface area contributed by atoms with E-state index in [4.69, 9.17) is 0 Å². The molecule has 1 heterocycles. The number of benzene rings is 2. The lowest BCUT2D eigenvalue weighted by Gasteiger charge is -2.08. The monoisotopic (exact) mass is 307 g/mol. The summed E-state index contributed by atoms with van der Waals surface area (Å²) in [6.45, 7) is 0. The van der Waals surface area contributed by atoms with Crippen molar-refractivity contribution in [3.05, 3.63) is 78.4 Å². The summed E-state index contributed by atoms with van der Waals surface area (Å²) in [7, 11) is 0. The molecule has 0 aliphatic heterocycles. The first kappa shape index (κ1) is 14.5. The zero-order chi connectivity index (χ0) is 16.1. The average molecular weight is 307 g/mol. The van der Waals surface area contributed by atoms with Crippen LogP contribution in [0.4, 0.5) is 0 Å². The first-order valence-corrected chi connectivity index (χ1v) is 6.85. The topological polar surface area (TPSA) is 88.9 Å². The molecule has 23 heavy (non-hydrogen) atoms. The Morgan fingerprint density at radius 1 is 0.826 bits per heavy atom. The Bertz CT molecular complexity index is 798. The van der Waals surface area contributed by atoms with E-state index in [1.54, 1.807) is 59.5 Å². The van der Waals surface area contributed by atoms with E-state index in [-0.39, 0.29) is 5.91 Å². The second-order valence-electron chi connectivity index (χ2n) is 4.66. The molecule has 0 unspecified atom stereocenters. The van der Waals surface area contributed by atoms with Crippen molar-refractivity contribution in [1.29, 1.82) is 0 Å². The smallest absolute Gasteiger partial charge is 0.267 e. The minimum atomic E-state index is -0.403. The Kier molecular flexibility index (Phi) is 4.10. The maximum absolute atomic E-state index is 12.0. The van der Waals surface area contributed by atoms with Crippen LogP contribution >= 0.6 is 0 Å². The summed E-state index contributed by atoms with van der Waals surface area (Å²) in [4.78, 5) is 27.7. The molecule has 0 radical (unpaired) electrons. The first-order chi connectivity index (χ1) is 11.2. The number of aromatic nitrogens is 3. The molecular formula is C16H13N5O2. The normalized spacial score (nSPS) is 10.1. The van der Waals surface area contributed by atoms with Gasteiger partial charge in [-0.2, -0.15) is 5.10 Å². The summed E-state index contributed by atoms with van der Waals surface area (Å²) in [5.74, 6) is -0.780. The molecule has 0 fully saturated rings. The lowest BCUT2D eigenvalue weighted by atomic mass is 10.2. The molecule has 0 saturated carbocycles. The van der Waals surface area contributed by atoms with Gasteiger partial charge in [0, 0.05) is 11.1 Å². The highest BCUT2D eigenvalue weighted by molar-refractivity contribution is 5.99. The highest BCUT2D eigenvalue weighted by Gasteiger charge is 2.09. The Hall–Kier alpha value is -3.48. The van der Waals surface area contributed by atoms with Gasteiger partial charge in [-0.25, -0.2) is 9.67 Å². The van der Waals surface area contributed by atoms with E-state index < -0.39 is 5.91 Å². The standard InChI is InChI=1S/C16H13N5O2/c22-15(12-4-2-1-3-5-12)19-20-16(23)13-6-8-14(9-7-13)21-11-17-10-18-21/h1-11H,(H,19,22)(H,20,23). The molecule has 0 bridgehead atoms. The van der Waals surface area contributed by atoms with Crippen molar-refractivity contribution in [1.82, 2.24) is 25.6 Å². The van der Waals surface area contributed by atoms with E-state index in [0.29, 0.717) is 11.1 Å². The van der Waals surface area contributed by atoms with Crippen LogP contribution in [-0.4, -0.2) is 26.6 Å². The predicted molar refractivity (Wildman–Crippen MR) is 82.7 cm³/mol. The van der Waals surface area contributed by atoms with Crippen molar-refractivity contribution in [2.45, 2.75) is 0 Å². The van der Waals surface area contributed by atoms with Crippen molar-refractivity contribution in [3.63, 3.8) is 0 Å². The van der Waals surface area contributed by atoms with Crippen LogP contribution in [0.2, 0.25) is 0 Å². The molecule has 2 N–H and O–H groups in total. The van der Waals surface area contributed by atoms with Gasteiger partial charge >= 0.3 is 0 Å². The van der Waals surface area contributed by atoms with Crippen molar-refractivity contribution in [2.24, 2.45) is 0 Å². The molecule has 7 nitrogen and oxygen atoms in total. The number of carbonyl (C=O) groups is 2. The van der Waals surface area contributed by atoms with Crippen LogP contribution in [0.15, 0.2) is 67.3 Å². The molecule has 0 saturated heterocycles. The van der Waals surface area contributed by atoms with Gasteiger partial charge in [-0.1, -0.05) is 18.2 Å². The minimum Gasteiger partial charge on any atom is -0.267 e. The fourth-order valence-electron chi connectivity index (χ4n) is 1.95. The van der Waals surface area contributed by atoms with Crippen molar-refractivity contribution >= 4 is 11.8 Å². The number of rotatable bonds is 3. The Labute approximate surface area is 131 Å². The van der Waals surface area contributed by atoms with Crippen LogP contribution in [0, 0.1) is 0 Å². The molecule has 0 aliphatic rings. The number of nitrogens with one attached hydrogen (secondary N) is 2. The molecule has 0 atom stereocenters. The van der Waals surface area contributed by atoms with E-state index in [0.717, 1.165) is 5.69 Å². The summed E-state index contributed by atoms with van der Waals surface area (Å²) in [6.07, 6.45) is 2.99. The fourth-order valence-corrected chi connectivity index (χ4v) is 1.95. The molecule has 0 aliphatic carbocycles. The van der Waals surface area contributed by atoms with Gasteiger partial charge in [-0.05, 0) is 36.4 Å². The average Bonchev–Trinajstić information content (AvgIpc) is 3.15. The SMILES string of the molecule is O=C(NNC(=O)c1ccc(-n2cncn2)cc1)c1ccccc1. The maximum atomic E-state index is 12.0. The predicted octanol–water partition coefficient (Wildman–Crippen LogP) is 1.34. The van der Waals surface area contributed by atoms with Crippen molar-refractivity contribution in [3.8, 4) is 5.69 Å². The molecule has 1 aromatic heterocycles. The van der Waals surface area contributed by atoms with Gasteiger partial charge in [0.05, 0.1) is 5.69 Å². The van der Waals surface area contributed by atoms with Crippen LogP contribution in [0.1, 0.15) is 20.7 Å². The molecule has 0 spiro atoms. The zero-order valence-electron chi connectivity index (χ0n) is 12.0. The van der Waals surface area contributed by atoms with Gasteiger partial charge < -0.3 is 0 Å². The molecular weight excluding hydrogens is 294 g/mol. The molecule has 3 aromatic rings. The van der Waals surface area contributed by atoms with E-state index in [9.17, 15) is 9.59 Å².